The van der Waals surface area contributed by atoms with E-state index in [1.807, 2.05) is 24.3 Å². The number of aromatic amines is 1. The highest BCUT2D eigenvalue weighted by molar-refractivity contribution is 6.30. The van der Waals surface area contributed by atoms with Crippen LogP contribution in [0.1, 0.15) is 75.6 Å². The normalized spacial score (nSPS) is 18.4. The van der Waals surface area contributed by atoms with Crippen LogP contribution in [-0.2, 0) is 13.0 Å². The molecule has 39 heavy (non-hydrogen) atoms. The highest BCUT2D eigenvalue weighted by Crippen LogP contribution is 2.31. The van der Waals surface area contributed by atoms with Crippen molar-refractivity contribution in [2.24, 2.45) is 11.8 Å². The number of hydrogen-bond donors (Lipinski definition) is 3. The number of rotatable bonds is 14. The molecule has 3 heterocycles. The molecule has 2 aromatic carbocycles. The minimum atomic E-state index is 0.371. The molecule has 0 spiro atoms. The summed E-state index contributed by atoms with van der Waals surface area (Å²) >= 11 is 6.01. The van der Waals surface area contributed by atoms with E-state index in [0.29, 0.717) is 11.6 Å². The van der Waals surface area contributed by atoms with Crippen LogP contribution in [0.5, 0.6) is 11.5 Å². The molecule has 6 nitrogen and oxygen atoms in total. The first-order valence-electron chi connectivity index (χ1n) is 15.2. The molecule has 3 aromatic rings. The quantitative estimate of drug-likeness (QED) is 0.187. The van der Waals surface area contributed by atoms with Gasteiger partial charge in [-0.3, -0.25) is 0 Å². The first-order valence-corrected chi connectivity index (χ1v) is 15.6. The van der Waals surface area contributed by atoms with Crippen LogP contribution in [0.15, 0.2) is 36.4 Å². The van der Waals surface area contributed by atoms with Gasteiger partial charge in [0.1, 0.15) is 29.4 Å². The fraction of sp³-hybridized carbons (Fsp3) is 0.594. The maximum absolute atomic E-state index is 6.51. The Bertz CT molecular complexity index is 1140. The number of ether oxygens (including phenoxy) is 2. The number of imidazole rings is 1. The minimum absolute atomic E-state index is 0.371. The van der Waals surface area contributed by atoms with Crippen molar-refractivity contribution < 1.29 is 9.47 Å². The maximum atomic E-state index is 6.51. The summed E-state index contributed by atoms with van der Waals surface area (Å²) in [7, 11) is 0. The van der Waals surface area contributed by atoms with Crippen molar-refractivity contribution in [1.29, 1.82) is 0 Å². The molecule has 0 radical (unpaired) electrons. The Morgan fingerprint density at radius 2 is 1.67 bits per heavy atom. The Kier molecular flexibility index (Phi) is 10.8. The van der Waals surface area contributed by atoms with Gasteiger partial charge in [0, 0.05) is 5.02 Å². The zero-order chi connectivity index (χ0) is 26.7. The summed E-state index contributed by atoms with van der Waals surface area (Å²) in [5, 5.41) is 7.73. The summed E-state index contributed by atoms with van der Waals surface area (Å²) in [5.74, 6) is 4.25. The van der Waals surface area contributed by atoms with Crippen LogP contribution in [0.2, 0.25) is 5.02 Å². The fourth-order valence-corrected chi connectivity index (χ4v) is 6.19. The van der Waals surface area contributed by atoms with E-state index in [1.165, 1.54) is 83.0 Å². The van der Waals surface area contributed by atoms with Crippen LogP contribution in [0.25, 0.3) is 11.0 Å². The van der Waals surface area contributed by atoms with Gasteiger partial charge < -0.3 is 25.1 Å². The van der Waals surface area contributed by atoms with Crippen LogP contribution >= 0.6 is 11.6 Å². The van der Waals surface area contributed by atoms with E-state index in [9.17, 15) is 0 Å². The third-order valence-corrected chi connectivity index (χ3v) is 8.60. The van der Waals surface area contributed by atoms with Crippen LogP contribution < -0.4 is 20.1 Å². The summed E-state index contributed by atoms with van der Waals surface area (Å²) in [6.07, 6.45) is 13.8. The number of aryl methyl sites for hydroxylation is 1. The molecule has 212 valence electrons. The molecule has 1 aromatic heterocycles. The van der Waals surface area contributed by atoms with Crippen molar-refractivity contribution in [1.82, 2.24) is 20.6 Å². The zero-order valence-corrected chi connectivity index (χ0v) is 24.0. The van der Waals surface area contributed by atoms with Gasteiger partial charge in [-0.1, -0.05) is 36.9 Å². The monoisotopic (exact) mass is 552 g/mol. The molecular weight excluding hydrogens is 508 g/mol. The fourth-order valence-electron chi connectivity index (χ4n) is 6.06. The van der Waals surface area contributed by atoms with Gasteiger partial charge in [-0.05, 0) is 125 Å². The van der Waals surface area contributed by atoms with Crippen molar-refractivity contribution >= 4 is 22.6 Å². The number of H-pyrrole nitrogens is 1. The first-order chi connectivity index (χ1) is 19.2. The van der Waals surface area contributed by atoms with Gasteiger partial charge in [-0.15, -0.1) is 0 Å². The molecule has 0 saturated carbocycles. The van der Waals surface area contributed by atoms with E-state index in [-0.39, 0.29) is 0 Å². The Hall–Kier alpha value is -2.28. The lowest BCUT2D eigenvalue weighted by Crippen LogP contribution is -2.29. The molecule has 0 amide bonds. The van der Waals surface area contributed by atoms with Crippen LogP contribution in [0, 0.1) is 11.8 Å². The number of aromatic nitrogens is 2. The molecule has 0 bridgehead atoms. The molecule has 2 fully saturated rings. The summed E-state index contributed by atoms with van der Waals surface area (Å²) < 4.78 is 12.5. The number of nitrogens with one attached hydrogen (secondary N) is 3. The molecule has 0 aliphatic carbocycles. The predicted octanol–water partition coefficient (Wildman–Crippen LogP) is 7.06. The van der Waals surface area contributed by atoms with E-state index in [4.69, 9.17) is 26.1 Å². The summed E-state index contributed by atoms with van der Waals surface area (Å²) in [6, 6.07) is 11.8. The molecule has 1 unspecified atom stereocenters. The van der Waals surface area contributed by atoms with Crippen LogP contribution in [-0.4, -0.2) is 42.8 Å². The van der Waals surface area contributed by atoms with Crippen molar-refractivity contribution in [3.63, 3.8) is 0 Å². The van der Waals surface area contributed by atoms with Gasteiger partial charge >= 0.3 is 0 Å². The number of hydrogen-bond acceptors (Lipinski definition) is 5. The lowest BCUT2D eigenvalue weighted by Gasteiger charge is -2.22. The number of halogens is 1. The molecular formula is C32H45ClN4O2. The number of unbranched alkanes of at least 4 members (excludes halogenated alkanes) is 2. The molecule has 2 aliphatic rings. The maximum Gasteiger partial charge on any atom is 0.150 e. The number of nitrogens with zero attached hydrogens (tertiary/aromatic N) is 1. The Balaban J connectivity index is 1.20. The van der Waals surface area contributed by atoms with Crippen molar-refractivity contribution in [3.05, 3.63) is 52.8 Å². The lowest BCUT2D eigenvalue weighted by molar-refractivity contribution is 0.293. The second-order valence-corrected chi connectivity index (χ2v) is 11.8. The van der Waals surface area contributed by atoms with Gasteiger partial charge in [0.2, 0.25) is 0 Å². The van der Waals surface area contributed by atoms with Crippen molar-refractivity contribution in [2.75, 3.05) is 32.8 Å². The predicted molar refractivity (Wildman–Crippen MR) is 160 cm³/mol. The van der Waals surface area contributed by atoms with E-state index in [2.05, 4.69) is 27.8 Å². The largest absolute Gasteiger partial charge is 0.491 e. The second-order valence-electron chi connectivity index (χ2n) is 11.4. The number of piperidine rings is 2. The van der Waals surface area contributed by atoms with Gasteiger partial charge in [-0.25, -0.2) is 4.98 Å². The highest BCUT2D eigenvalue weighted by Gasteiger charge is 2.17. The Morgan fingerprint density at radius 1 is 0.821 bits per heavy atom. The average molecular weight is 553 g/mol. The Morgan fingerprint density at radius 3 is 2.49 bits per heavy atom. The standard InChI is InChI=1S/C32H45ClN4O2/c33-27-11-13-28(14-12-27)39-23-30-36-29-15-10-26(9-4-7-25-8-5-18-35-22-25)32(31(29)37-30)38-21-3-1-2-6-24-16-19-34-20-17-24/h10-15,24-25,34-35H,1-9,16-23H2,(H,36,37). The lowest BCUT2D eigenvalue weighted by atomic mass is 9.92. The molecule has 2 saturated heterocycles. The smallest absolute Gasteiger partial charge is 0.150 e. The third kappa shape index (κ3) is 8.60. The number of benzene rings is 2. The van der Waals surface area contributed by atoms with E-state index >= 15 is 0 Å². The summed E-state index contributed by atoms with van der Waals surface area (Å²) in [5.41, 5.74) is 3.21. The SMILES string of the molecule is Clc1ccc(OCc2nc3c(OCCCCCC4CCNCC4)c(CCCC4CCCNC4)ccc3[nH]2)cc1. The molecule has 5 rings (SSSR count). The average Bonchev–Trinajstić information content (AvgIpc) is 3.40. The van der Waals surface area contributed by atoms with Crippen LogP contribution in [0.4, 0.5) is 0 Å². The van der Waals surface area contributed by atoms with Crippen molar-refractivity contribution in [2.45, 2.75) is 77.2 Å². The summed E-state index contributed by atoms with van der Waals surface area (Å²) in [4.78, 5) is 8.38. The molecule has 1 atom stereocenters. The van der Waals surface area contributed by atoms with Crippen LogP contribution in [0.3, 0.4) is 0 Å². The van der Waals surface area contributed by atoms with E-state index in [1.54, 1.807) is 0 Å². The topological polar surface area (TPSA) is 71.2 Å². The zero-order valence-electron chi connectivity index (χ0n) is 23.3. The number of fused-ring (bicyclic) bond motifs is 1. The van der Waals surface area contributed by atoms with E-state index in [0.717, 1.165) is 66.2 Å². The first kappa shape index (κ1) is 28.3. The molecule has 7 heteroatoms. The van der Waals surface area contributed by atoms with Gasteiger partial charge in [-0.2, -0.15) is 0 Å². The second kappa shape index (κ2) is 14.9. The van der Waals surface area contributed by atoms with Crippen molar-refractivity contribution in [3.8, 4) is 11.5 Å². The highest BCUT2D eigenvalue weighted by atomic mass is 35.5. The summed E-state index contributed by atoms with van der Waals surface area (Å²) in [6.45, 7) is 5.83. The Labute approximate surface area is 238 Å². The molecule has 3 N–H and O–H groups in total. The van der Waals surface area contributed by atoms with Gasteiger partial charge in [0.05, 0.1) is 12.1 Å². The van der Waals surface area contributed by atoms with Gasteiger partial charge in [0.25, 0.3) is 0 Å². The third-order valence-electron chi connectivity index (χ3n) is 8.35. The minimum Gasteiger partial charge on any atom is -0.491 e. The molecule has 2 aliphatic heterocycles. The van der Waals surface area contributed by atoms with Gasteiger partial charge in [0.15, 0.2) is 0 Å². The van der Waals surface area contributed by atoms with E-state index < -0.39 is 0 Å².